The quantitative estimate of drug-likeness (QED) is 0.692. The van der Waals surface area contributed by atoms with Crippen LogP contribution < -0.4 is 5.32 Å². The molecule has 0 amide bonds. The van der Waals surface area contributed by atoms with Gasteiger partial charge in [-0.15, -0.1) is 0 Å². The molecule has 0 saturated heterocycles. The highest BCUT2D eigenvalue weighted by Crippen LogP contribution is 2.05. The normalized spacial score (nSPS) is 11.5. The molecule has 0 fully saturated rings. The molecule has 1 aromatic carbocycles. The predicted molar refractivity (Wildman–Crippen MR) is 83.5 cm³/mol. The molecule has 112 valence electrons. The van der Waals surface area contributed by atoms with Crippen molar-refractivity contribution in [2.24, 2.45) is 12.0 Å². The fourth-order valence-electron chi connectivity index (χ4n) is 2.15. The molecule has 2 rings (SSSR count). The van der Waals surface area contributed by atoms with Crippen LogP contribution in [0.2, 0.25) is 0 Å². The van der Waals surface area contributed by atoms with Crippen LogP contribution in [-0.4, -0.2) is 29.5 Å². The number of benzene rings is 1. The van der Waals surface area contributed by atoms with Crippen molar-refractivity contribution in [1.29, 1.82) is 0 Å². The summed E-state index contributed by atoms with van der Waals surface area (Å²) in [4.78, 5) is 6.33. The first kappa shape index (κ1) is 15.1. The van der Waals surface area contributed by atoms with Crippen LogP contribution in [0.3, 0.4) is 0 Å². The van der Waals surface area contributed by atoms with Crippen LogP contribution in [0.5, 0.6) is 0 Å². The summed E-state index contributed by atoms with van der Waals surface area (Å²) in [7, 11) is 5.78. The Bertz CT molecular complexity index is 601. The van der Waals surface area contributed by atoms with Gasteiger partial charge < -0.3 is 14.8 Å². The van der Waals surface area contributed by atoms with Gasteiger partial charge >= 0.3 is 0 Å². The van der Waals surface area contributed by atoms with Gasteiger partial charge in [-0.2, -0.15) is 0 Å². The highest BCUT2D eigenvalue weighted by Gasteiger charge is 2.08. The third kappa shape index (κ3) is 4.08. The van der Waals surface area contributed by atoms with Gasteiger partial charge in [0.05, 0.1) is 6.54 Å². The summed E-state index contributed by atoms with van der Waals surface area (Å²) < 4.78 is 15.0. The lowest BCUT2D eigenvalue weighted by Gasteiger charge is -2.22. The van der Waals surface area contributed by atoms with Gasteiger partial charge in [0, 0.05) is 39.6 Å². The van der Waals surface area contributed by atoms with Gasteiger partial charge in [-0.05, 0) is 29.8 Å². The van der Waals surface area contributed by atoms with E-state index in [1.807, 2.05) is 26.4 Å². The summed E-state index contributed by atoms with van der Waals surface area (Å²) in [6, 6.07) is 10.6. The van der Waals surface area contributed by atoms with E-state index in [-0.39, 0.29) is 5.82 Å². The van der Waals surface area contributed by atoms with E-state index in [9.17, 15) is 4.39 Å². The lowest BCUT2D eigenvalue weighted by molar-refractivity contribution is 0.461. The van der Waals surface area contributed by atoms with Gasteiger partial charge in [-0.25, -0.2) is 4.39 Å². The highest BCUT2D eigenvalue weighted by atomic mass is 19.1. The van der Waals surface area contributed by atoms with E-state index in [2.05, 4.69) is 25.8 Å². The van der Waals surface area contributed by atoms with Gasteiger partial charge in [0.1, 0.15) is 5.82 Å². The zero-order valence-electron chi connectivity index (χ0n) is 12.7. The Morgan fingerprint density at radius 1 is 1.29 bits per heavy atom. The van der Waals surface area contributed by atoms with E-state index >= 15 is 0 Å². The second kappa shape index (κ2) is 6.92. The SMILES string of the molecule is CN=C(NCc1ccc(F)cc1)N(C)Cc1cccn1C. The molecule has 0 atom stereocenters. The topological polar surface area (TPSA) is 32.6 Å². The molecule has 0 spiro atoms. The molecule has 1 aromatic heterocycles. The fourth-order valence-corrected chi connectivity index (χ4v) is 2.15. The lowest BCUT2D eigenvalue weighted by Crippen LogP contribution is -2.38. The molecule has 0 unspecified atom stereocenters. The smallest absolute Gasteiger partial charge is 0.194 e. The van der Waals surface area contributed by atoms with E-state index in [0.717, 1.165) is 18.1 Å². The maximum Gasteiger partial charge on any atom is 0.194 e. The number of aliphatic imine (C=N–C) groups is 1. The maximum absolute atomic E-state index is 12.9. The molecular formula is C16H21FN4. The molecule has 1 heterocycles. The van der Waals surface area contributed by atoms with E-state index < -0.39 is 0 Å². The molecule has 0 aliphatic rings. The van der Waals surface area contributed by atoms with Crippen molar-refractivity contribution in [2.75, 3.05) is 14.1 Å². The lowest BCUT2D eigenvalue weighted by atomic mass is 10.2. The molecule has 1 N–H and O–H groups in total. The molecular weight excluding hydrogens is 267 g/mol. The molecule has 0 radical (unpaired) electrons. The molecule has 0 aliphatic carbocycles. The zero-order chi connectivity index (χ0) is 15.2. The number of guanidine groups is 1. The first-order valence-corrected chi connectivity index (χ1v) is 6.86. The monoisotopic (exact) mass is 288 g/mol. The number of nitrogens with one attached hydrogen (secondary N) is 1. The molecule has 0 saturated carbocycles. The van der Waals surface area contributed by atoms with E-state index in [4.69, 9.17) is 0 Å². The number of aryl methyl sites for hydroxylation is 1. The van der Waals surface area contributed by atoms with Crippen molar-refractivity contribution in [1.82, 2.24) is 14.8 Å². The third-order valence-corrected chi connectivity index (χ3v) is 3.39. The zero-order valence-corrected chi connectivity index (χ0v) is 12.7. The van der Waals surface area contributed by atoms with Crippen LogP contribution in [0.25, 0.3) is 0 Å². The Morgan fingerprint density at radius 2 is 2.00 bits per heavy atom. The number of rotatable bonds is 4. The first-order chi connectivity index (χ1) is 10.1. The van der Waals surface area contributed by atoms with Gasteiger partial charge in [0.25, 0.3) is 0 Å². The van der Waals surface area contributed by atoms with Crippen LogP contribution in [0, 0.1) is 5.82 Å². The van der Waals surface area contributed by atoms with Gasteiger partial charge in [0.15, 0.2) is 5.96 Å². The van der Waals surface area contributed by atoms with Crippen LogP contribution in [0.15, 0.2) is 47.6 Å². The summed E-state index contributed by atoms with van der Waals surface area (Å²) in [6.45, 7) is 1.39. The summed E-state index contributed by atoms with van der Waals surface area (Å²) in [5.41, 5.74) is 2.23. The Kier molecular flexibility index (Phi) is 4.98. The summed E-state index contributed by atoms with van der Waals surface area (Å²) in [5, 5.41) is 3.28. The molecule has 4 nitrogen and oxygen atoms in total. The first-order valence-electron chi connectivity index (χ1n) is 6.86. The van der Waals surface area contributed by atoms with Crippen LogP contribution in [0.1, 0.15) is 11.3 Å². The Balaban J connectivity index is 1.93. The number of hydrogen-bond acceptors (Lipinski definition) is 1. The van der Waals surface area contributed by atoms with Crippen molar-refractivity contribution in [3.63, 3.8) is 0 Å². The minimum atomic E-state index is -0.219. The van der Waals surface area contributed by atoms with Crippen molar-refractivity contribution in [3.05, 3.63) is 59.7 Å². The molecule has 21 heavy (non-hydrogen) atoms. The van der Waals surface area contributed by atoms with Crippen LogP contribution >= 0.6 is 0 Å². The number of halogens is 1. The maximum atomic E-state index is 12.9. The molecule has 0 aliphatic heterocycles. The van der Waals surface area contributed by atoms with Crippen molar-refractivity contribution in [3.8, 4) is 0 Å². The average Bonchev–Trinajstić information content (AvgIpc) is 2.87. The molecule has 5 heteroatoms. The average molecular weight is 288 g/mol. The Hall–Kier alpha value is -2.30. The fraction of sp³-hybridized carbons (Fsp3) is 0.312. The highest BCUT2D eigenvalue weighted by molar-refractivity contribution is 5.79. The van der Waals surface area contributed by atoms with Crippen LogP contribution in [-0.2, 0) is 20.1 Å². The number of aromatic nitrogens is 1. The van der Waals surface area contributed by atoms with Crippen molar-refractivity contribution < 1.29 is 4.39 Å². The second-order valence-corrected chi connectivity index (χ2v) is 4.99. The second-order valence-electron chi connectivity index (χ2n) is 4.99. The van der Waals surface area contributed by atoms with Crippen LogP contribution in [0.4, 0.5) is 4.39 Å². The minimum Gasteiger partial charge on any atom is -0.353 e. The van der Waals surface area contributed by atoms with Crippen molar-refractivity contribution in [2.45, 2.75) is 13.1 Å². The summed E-state index contributed by atoms with van der Waals surface area (Å²) in [6.07, 6.45) is 2.03. The standard InChI is InChI=1S/C16H21FN4/c1-18-16(19-11-13-6-8-14(17)9-7-13)21(3)12-15-5-4-10-20(15)2/h4-10H,11-12H2,1-3H3,(H,18,19). The molecule has 2 aromatic rings. The van der Waals surface area contributed by atoms with Gasteiger partial charge in [-0.3, -0.25) is 4.99 Å². The largest absolute Gasteiger partial charge is 0.353 e. The molecule has 0 bridgehead atoms. The summed E-state index contributed by atoms with van der Waals surface area (Å²) >= 11 is 0. The minimum absolute atomic E-state index is 0.219. The van der Waals surface area contributed by atoms with E-state index in [1.165, 1.54) is 17.8 Å². The number of hydrogen-bond donors (Lipinski definition) is 1. The third-order valence-electron chi connectivity index (χ3n) is 3.39. The number of nitrogens with zero attached hydrogens (tertiary/aromatic N) is 3. The van der Waals surface area contributed by atoms with E-state index in [1.54, 1.807) is 19.2 Å². The summed E-state index contributed by atoms with van der Waals surface area (Å²) in [5.74, 6) is 0.587. The van der Waals surface area contributed by atoms with Gasteiger partial charge in [0.2, 0.25) is 0 Å². The van der Waals surface area contributed by atoms with E-state index in [0.29, 0.717) is 6.54 Å². The van der Waals surface area contributed by atoms with Crippen molar-refractivity contribution >= 4 is 5.96 Å². The predicted octanol–water partition coefficient (Wildman–Crippen LogP) is 2.37. The Labute approximate surface area is 124 Å². The van der Waals surface area contributed by atoms with Gasteiger partial charge in [-0.1, -0.05) is 12.1 Å². The Morgan fingerprint density at radius 3 is 2.57 bits per heavy atom.